The van der Waals surface area contributed by atoms with Gasteiger partial charge in [-0.2, -0.15) is 0 Å². The van der Waals surface area contributed by atoms with Gasteiger partial charge in [-0.3, -0.25) is 9.59 Å². The molecule has 0 spiro atoms. The summed E-state index contributed by atoms with van der Waals surface area (Å²) in [5, 5.41) is 0. The molecular formula is C18H28O3. The third-order valence-corrected chi connectivity index (χ3v) is 2.80. The molecule has 21 heavy (non-hydrogen) atoms. The number of allylic oxidation sites excluding steroid dienone is 2. The van der Waals surface area contributed by atoms with Gasteiger partial charge in [0.15, 0.2) is 0 Å². The predicted octanol–water partition coefficient (Wildman–Crippen LogP) is 4.39. The van der Waals surface area contributed by atoms with Crippen LogP contribution in [0.4, 0.5) is 0 Å². The summed E-state index contributed by atoms with van der Waals surface area (Å²) in [7, 11) is 0. The van der Waals surface area contributed by atoms with Crippen LogP contribution in [-0.2, 0) is 14.3 Å². The molecule has 0 N–H and O–H groups in total. The first kappa shape index (κ1) is 21.5. The number of esters is 1. The van der Waals surface area contributed by atoms with E-state index in [1.54, 1.807) is 6.92 Å². The summed E-state index contributed by atoms with van der Waals surface area (Å²) in [6.07, 6.45) is -0.176. The number of carbonyl (C=O) groups excluding carboxylic acids is 2. The highest BCUT2D eigenvalue weighted by molar-refractivity contribution is 5.94. The molecule has 0 aliphatic carbocycles. The minimum absolute atomic E-state index is 0.134. The van der Waals surface area contributed by atoms with Crippen molar-refractivity contribution in [1.29, 1.82) is 0 Å². The second-order valence-electron chi connectivity index (χ2n) is 5.46. The van der Waals surface area contributed by atoms with E-state index in [1.165, 1.54) is 18.1 Å². The van der Waals surface area contributed by atoms with Gasteiger partial charge in [-0.15, -0.1) is 0 Å². The lowest BCUT2D eigenvalue weighted by Crippen LogP contribution is -2.09. The number of Topliss-reactive ketones (excluding diaryl/α,β-unsaturated/α-hetero) is 1. The molecule has 0 bridgehead atoms. The summed E-state index contributed by atoms with van der Waals surface area (Å²) < 4.78 is 4.74. The van der Waals surface area contributed by atoms with E-state index in [9.17, 15) is 9.59 Å². The molecule has 0 aromatic heterocycles. The minimum Gasteiger partial charge on any atom is -0.460 e. The summed E-state index contributed by atoms with van der Waals surface area (Å²) >= 11 is 0. The quantitative estimate of drug-likeness (QED) is 0.326. The first-order valence-corrected chi connectivity index (χ1v) is 7.01. The Hall–Kier alpha value is -1.82. The topological polar surface area (TPSA) is 43.4 Å². The van der Waals surface area contributed by atoms with Crippen LogP contribution < -0.4 is 0 Å². The third-order valence-electron chi connectivity index (χ3n) is 2.80. The number of ether oxygens (including phenoxy) is 1. The highest BCUT2D eigenvalue weighted by Crippen LogP contribution is 2.11. The average Bonchev–Trinajstić information content (AvgIpc) is 2.35. The first-order valence-electron chi connectivity index (χ1n) is 7.01. The largest absolute Gasteiger partial charge is 0.460 e. The Morgan fingerprint density at radius 1 is 1.10 bits per heavy atom. The monoisotopic (exact) mass is 292 g/mol. The maximum absolute atomic E-state index is 10.8. The molecule has 118 valence electrons. The van der Waals surface area contributed by atoms with Crippen LogP contribution in [-0.4, -0.2) is 18.4 Å². The average molecular weight is 292 g/mol. The second kappa shape index (κ2) is 12.0. The number of carbonyl (C=O) groups is 2. The Morgan fingerprint density at radius 3 is 1.90 bits per heavy atom. The van der Waals surface area contributed by atoms with Gasteiger partial charge >= 0.3 is 5.97 Å². The summed E-state index contributed by atoms with van der Waals surface area (Å²) in [4.78, 5) is 21.3. The molecule has 0 atom stereocenters. The highest BCUT2D eigenvalue weighted by atomic mass is 16.5. The molecular weight excluding hydrogens is 264 g/mol. The summed E-state index contributed by atoms with van der Waals surface area (Å²) in [6.45, 7) is 17.5. The smallest absolute Gasteiger partial charge is 0.313 e. The summed E-state index contributed by atoms with van der Waals surface area (Å²) in [6, 6.07) is 0. The van der Waals surface area contributed by atoms with Gasteiger partial charge in [-0.05, 0) is 47.1 Å². The van der Waals surface area contributed by atoms with Crippen molar-refractivity contribution >= 4 is 11.8 Å². The van der Waals surface area contributed by atoms with Gasteiger partial charge in [-0.25, -0.2) is 0 Å². The van der Waals surface area contributed by atoms with E-state index in [0.717, 1.165) is 5.92 Å². The van der Waals surface area contributed by atoms with E-state index in [4.69, 9.17) is 4.74 Å². The molecule has 0 radical (unpaired) electrons. The maximum Gasteiger partial charge on any atom is 0.313 e. The van der Waals surface area contributed by atoms with Crippen molar-refractivity contribution in [3.05, 3.63) is 34.8 Å². The van der Waals surface area contributed by atoms with Crippen LogP contribution in [0.25, 0.3) is 0 Å². The summed E-state index contributed by atoms with van der Waals surface area (Å²) in [5.41, 5.74) is 8.78. The number of hydrogen-bond donors (Lipinski definition) is 0. The van der Waals surface area contributed by atoms with Gasteiger partial charge in [0.1, 0.15) is 18.8 Å². The molecule has 0 fully saturated rings. The fraction of sp³-hybridized carbons (Fsp3) is 0.556. The Kier molecular flexibility index (Phi) is 12.2. The Labute approximate surface area is 129 Å². The van der Waals surface area contributed by atoms with Gasteiger partial charge in [0.05, 0.1) is 0 Å². The van der Waals surface area contributed by atoms with Crippen molar-refractivity contribution in [1.82, 2.24) is 0 Å². The molecule has 0 saturated heterocycles. The van der Waals surface area contributed by atoms with Crippen LogP contribution in [0.3, 0.4) is 0 Å². The molecule has 0 rings (SSSR count). The van der Waals surface area contributed by atoms with E-state index < -0.39 is 5.97 Å². The summed E-state index contributed by atoms with van der Waals surface area (Å²) in [5.74, 6) is 0.00334. The van der Waals surface area contributed by atoms with Crippen LogP contribution in [0.5, 0.6) is 0 Å². The van der Waals surface area contributed by atoms with Crippen LogP contribution in [0.1, 0.15) is 54.9 Å². The first-order chi connectivity index (χ1) is 9.61. The predicted molar refractivity (Wildman–Crippen MR) is 87.0 cm³/mol. The third kappa shape index (κ3) is 14.4. The Bertz CT molecular complexity index is 465. The van der Waals surface area contributed by atoms with E-state index in [1.807, 2.05) is 0 Å². The van der Waals surface area contributed by atoms with Crippen LogP contribution in [0, 0.1) is 5.92 Å². The molecule has 3 heteroatoms. The van der Waals surface area contributed by atoms with E-state index in [-0.39, 0.29) is 18.8 Å². The highest BCUT2D eigenvalue weighted by Gasteiger charge is 2.05. The Balaban J connectivity index is 0. The SMILES string of the molecule is C=C=C=C(C)COC(=O)CC(C)=O.CC(C)=C(C)C(C)C. The number of ketones is 1. The van der Waals surface area contributed by atoms with Gasteiger partial charge < -0.3 is 4.74 Å². The van der Waals surface area contributed by atoms with E-state index in [0.29, 0.717) is 5.57 Å². The normalized spacial score (nSPS) is 8.76. The van der Waals surface area contributed by atoms with Crippen molar-refractivity contribution in [2.24, 2.45) is 5.92 Å². The van der Waals surface area contributed by atoms with Crippen molar-refractivity contribution in [3.63, 3.8) is 0 Å². The van der Waals surface area contributed by atoms with Gasteiger partial charge in [0, 0.05) is 5.57 Å². The molecule has 0 unspecified atom stereocenters. The standard InChI is InChI=1S/C10H12O3.C8H16/c1-4-5-8(2)7-13-10(12)6-9(3)11;1-6(2)8(5)7(3)4/h1,6-7H2,2-3H3;6H,1-5H3. The van der Waals surface area contributed by atoms with Crippen molar-refractivity contribution < 1.29 is 14.3 Å². The molecule has 0 amide bonds. The van der Waals surface area contributed by atoms with E-state index >= 15 is 0 Å². The lowest BCUT2D eigenvalue weighted by Gasteiger charge is -2.05. The molecule has 3 nitrogen and oxygen atoms in total. The molecule has 0 saturated carbocycles. The fourth-order valence-corrected chi connectivity index (χ4v) is 1.21. The van der Waals surface area contributed by atoms with Crippen LogP contribution in [0.15, 0.2) is 34.8 Å². The van der Waals surface area contributed by atoms with Crippen molar-refractivity contribution in [2.75, 3.05) is 6.61 Å². The zero-order valence-electron chi connectivity index (χ0n) is 14.4. The lowest BCUT2D eigenvalue weighted by atomic mass is 10.0. The lowest BCUT2D eigenvalue weighted by molar-refractivity contribution is -0.144. The molecule has 0 heterocycles. The van der Waals surface area contributed by atoms with Crippen LogP contribution in [0.2, 0.25) is 0 Å². The molecule has 0 aliphatic rings. The maximum atomic E-state index is 10.8. The fourth-order valence-electron chi connectivity index (χ4n) is 1.21. The van der Waals surface area contributed by atoms with Crippen LogP contribution >= 0.6 is 0 Å². The van der Waals surface area contributed by atoms with Crippen molar-refractivity contribution in [3.8, 4) is 0 Å². The zero-order valence-corrected chi connectivity index (χ0v) is 14.4. The Morgan fingerprint density at radius 2 is 1.62 bits per heavy atom. The van der Waals surface area contributed by atoms with E-state index in [2.05, 4.69) is 52.7 Å². The van der Waals surface area contributed by atoms with Gasteiger partial charge in [0.25, 0.3) is 0 Å². The molecule has 0 aliphatic heterocycles. The molecule has 0 aromatic rings. The second-order valence-corrected chi connectivity index (χ2v) is 5.46. The number of rotatable bonds is 5. The molecule has 0 aromatic carbocycles. The minimum atomic E-state index is -0.516. The zero-order chi connectivity index (χ0) is 17.0. The van der Waals surface area contributed by atoms with Gasteiger partial charge in [0.2, 0.25) is 0 Å². The van der Waals surface area contributed by atoms with Crippen molar-refractivity contribution in [2.45, 2.75) is 54.9 Å². The van der Waals surface area contributed by atoms with Gasteiger partial charge in [-0.1, -0.05) is 36.5 Å². The number of hydrogen-bond acceptors (Lipinski definition) is 3.